The molecule has 0 spiro atoms. The van der Waals surface area contributed by atoms with Crippen molar-refractivity contribution in [2.75, 3.05) is 39.6 Å². The van der Waals surface area contributed by atoms with Gasteiger partial charge in [-0.25, -0.2) is 4.57 Å². The van der Waals surface area contributed by atoms with E-state index in [0.717, 1.165) is 0 Å². The van der Waals surface area contributed by atoms with Crippen LogP contribution in [-0.4, -0.2) is 216 Å². The Morgan fingerprint density at radius 1 is 0.646 bits per heavy atom. The molecular formula is C24H43O23P. The second-order valence-corrected chi connectivity index (χ2v) is 12.6. The molecule has 3 aliphatic heterocycles. The first-order valence-corrected chi connectivity index (χ1v) is 16.0. The number of carbonyl (C=O) groups is 1. The molecule has 3 saturated heterocycles. The molecule has 23 nitrogen and oxygen atoms in total. The number of carbonyl (C=O) groups excluding carboxylic acids is 1. The molecule has 24 heteroatoms. The Hall–Kier alpha value is -0.940. The molecular weight excluding hydrogens is 687 g/mol. The van der Waals surface area contributed by atoms with Gasteiger partial charge >= 0.3 is 7.82 Å². The summed E-state index contributed by atoms with van der Waals surface area (Å²) in [6, 6.07) is 0. The van der Waals surface area contributed by atoms with Crippen molar-refractivity contribution in [1.29, 1.82) is 0 Å². The van der Waals surface area contributed by atoms with Gasteiger partial charge in [0.05, 0.1) is 39.6 Å². The van der Waals surface area contributed by atoms with Crippen molar-refractivity contribution in [3.63, 3.8) is 0 Å². The van der Waals surface area contributed by atoms with E-state index in [1.54, 1.807) is 0 Å². The largest absolute Gasteiger partial charge is 0.472 e. The number of phosphoric ester groups is 1. The third kappa shape index (κ3) is 10.5. The second-order valence-electron chi connectivity index (χ2n) is 11.1. The Bertz CT molecular complexity index is 1030. The van der Waals surface area contributed by atoms with Gasteiger partial charge in [0.25, 0.3) is 0 Å². The lowest BCUT2D eigenvalue weighted by molar-refractivity contribution is -0.373. The minimum atomic E-state index is -4.87. The van der Waals surface area contributed by atoms with Crippen LogP contribution in [0.25, 0.3) is 0 Å². The average molecular weight is 731 g/mol. The van der Waals surface area contributed by atoms with E-state index >= 15 is 0 Å². The Balaban J connectivity index is 1.67. The number of ether oxygens (including phenoxy) is 6. The normalized spacial score (nSPS) is 43.3. The van der Waals surface area contributed by atoms with Gasteiger partial charge in [0.15, 0.2) is 25.2 Å². The highest BCUT2D eigenvalue weighted by atomic mass is 31.2. The molecule has 18 atom stereocenters. The van der Waals surface area contributed by atoms with E-state index in [1.165, 1.54) is 0 Å². The van der Waals surface area contributed by atoms with Gasteiger partial charge in [-0.05, 0) is 0 Å². The highest BCUT2D eigenvalue weighted by Crippen LogP contribution is 2.44. The Kier molecular flexibility index (Phi) is 16.0. The van der Waals surface area contributed by atoms with Gasteiger partial charge in [0.1, 0.15) is 85.5 Å². The number of aliphatic hydroxyl groups is 12. The van der Waals surface area contributed by atoms with E-state index in [2.05, 4.69) is 9.05 Å². The monoisotopic (exact) mass is 730 g/mol. The maximum atomic E-state index is 12.0. The zero-order valence-corrected chi connectivity index (χ0v) is 25.9. The summed E-state index contributed by atoms with van der Waals surface area (Å²) in [7, 11) is -4.87. The van der Waals surface area contributed by atoms with E-state index in [-0.39, 0.29) is 6.29 Å². The van der Waals surface area contributed by atoms with Gasteiger partial charge in [-0.15, -0.1) is 0 Å². The highest BCUT2D eigenvalue weighted by Gasteiger charge is 2.52. The van der Waals surface area contributed by atoms with E-state index in [4.69, 9.17) is 33.5 Å². The lowest BCUT2D eigenvalue weighted by Gasteiger charge is -2.46. The van der Waals surface area contributed by atoms with Crippen molar-refractivity contribution in [2.45, 2.75) is 104 Å². The zero-order valence-electron chi connectivity index (χ0n) is 25.0. The number of hydrogen-bond acceptors (Lipinski definition) is 22. The zero-order chi connectivity index (χ0) is 35.9. The smallest absolute Gasteiger partial charge is 0.394 e. The fraction of sp³-hybridized carbons (Fsp3) is 0.958. The van der Waals surface area contributed by atoms with Crippen molar-refractivity contribution in [1.82, 2.24) is 0 Å². The van der Waals surface area contributed by atoms with Gasteiger partial charge < -0.3 is 99.4 Å². The van der Waals surface area contributed by atoms with Crippen molar-refractivity contribution in [2.24, 2.45) is 0 Å². The Labute approximate surface area is 271 Å². The Morgan fingerprint density at radius 3 is 1.77 bits per heavy atom. The number of aldehydes is 1. The van der Waals surface area contributed by atoms with Crippen LogP contribution in [0.1, 0.15) is 0 Å². The summed E-state index contributed by atoms with van der Waals surface area (Å²) in [6.07, 6.45) is -30.4. The molecule has 0 bridgehead atoms. The molecule has 0 amide bonds. The molecule has 3 aliphatic rings. The molecule has 48 heavy (non-hydrogen) atoms. The van der Waals surface area contributed by atoms with Crippen molar-refractivity contribution in [3.8, 4) is 0 Å². The summed E-state index contributed by atoms with van der Waals surface area (Å²) >= 11 is 0. The third-order valence-corrected chi connectivity index (χ3v) is 8.46. The fourth-order valence-corrected chi connectivity index (χ4v) is 5.48. The molecule has 3 heterocycles. The van der Waals surface area contributed by atoms with Gasteiger partial charge in [-0.3, -0.25) is 9.05 Å². The standard InChI is InChI=1S/C24H43O23P/c25-1-8(28)4-40-24-21(18(35)13(30)10(3-27)44-24)47-23-20(37)17(34)14(31)11(46-23)6-41-22-19(36)16(33)15(32)12(45-22)7-43-48(38,39)42-5-9(29)2-26/h1,8-24,26-37H,2-7H2,(H,38,39)/t8-,9?,10-,11-,12-,13-,14+,15-,16+,17+,18+,19-,20-,21-,22-,23-,24+/m1/s1. The van der Waals surface area contributed by atoms with Gasteiger partial charge in [-0.2, -0.15) is 0 Å². The van der Waals surface area contributed by atoms with Crippen LogP contribution in [0.15, 0.2) is 0 Å². The fourth-order valence-electron chi connectivity index (χ4n) is 4.71. The molecule has 0 aliphatic carbocycles. The lowest BCUT2D eigenvalue weighted by atomic mass is 9.97. The molecule has 3 rings (SSSR count). The first kappa shape index (κ1) is 41.5. The topological polar surface area (TPSA) is 371 Å². The summed E-state index contributed by atoms with van der Waals surface area (Å²) in [4.78, 5) is 20.5. The first-order chi connectivity index (χ1) is 22.5. The van der Waals surface area contributed by atoms with E-state index in [9.17, 15) is 70.4 Å². The number of aliphatic hydroxyl groups excluding tert-OH is 12. The second kappa shape index (κ2) is 18.5. The predicted molar refractivity (Wildman–Crippen MR) is 145 cm³/mol. The summed E-state index contributed by atoms with van der Waals surface area (Å²) in [5.41, 5.74) is 0. The number of rotatable bonds is 17. The maximum Gasteiger partial charge on any atom is 0.472 e. The molecule has 0 saturated carbocycles. The molecule has 282 valence electrons. The van der Waals surface area contributed by atoms with Crippen LogP contribution in [0, 0.1) is 0 Å². The minimum absolute atomic E-state index is 0.123. The molecule has 0 radical (unpaired) electrons. The van der Waals surface area contributed by atoms with Crippen LogP contribution < -0.4 is 0 Å². The maximum absolute atomic E-state index is 12.0. The van der Waals surface area contributed by atoms with Gasteiger partial charge in [0, 0.05) is 0 Å². The number of phosphoric acid groups is 1. The van der Waals surface area contributed by atoms with E-state index in [1.807, 2.05) is 0 Å². The van der Waals surface area contributed by atoms with E-state index in [0.29, 0.717) is 0 Å². The van der Waals surface area contributed by atoms with Crippen molar-refractivity contribution < 1.29 is 113 Å². The third-order valence-electron chi connectivity index (χ3n) is 7.51. The molecule has 0 aromatic carbocycles. The van der Waals surface area contributed by atoms with Crippen LogP contribution in [0.4, 0.5) is 0 Å². The summed E-state index contributed by atoms with van der Waals surface area (Å²) in [5.74, 6) is 0. The quantitative estimate of drug-likeness (QED) is 0.0488. The SMILES string of the molecule is O=C[C@@H](O)CO[C@H]1O[C@H](CO)[C@@H](O)[C@H](O)[C@H]1O[C@H]1O[C@H](CO[C@@H]2O[C@H](COP(=O)(O)OCC(O)CO)[C@@H](O)[C@H](O)[C@H]2O)[C@H](O)[C@H](O)[C@H]1O. The average Bonchev–Trinajstić information content (AvgIpc) is 3.07. The molecule has 13 N–H and O–H groups in total. The van der Waals surface area contributed by atoms with Gasteiger partial charge in [0.2, 0.25) is 0 Å². The summed E-state index contributed by atoms with van der Waals surface area (Å²) in [6.45, 7) is -4.80. The van der Waals surface area contributed by atoms with Crippen LogP contribution in [-0.2, 0) is 46.8 Å². The summed E-state index contributed by atoms with van der Waals surface area (Å²) < 4.78 is 53.6. The molecule has 2 unspecified atom stereocenters. The van der Waals surface area contributed by atoms with Gasteiger partial charge in [-0.1, -0.05) is 0 Å². The number of hydrogen-bond donors (Lipinski definition) is 13. The van der Waals surface area contributed by atoms with Crippen molar-refractivity contribution in [3.05, 3.63) is 0 Å². The molecule has 0 aromatic rings. The van der Waals surface area contributed by atoms with Crippen LogP contribution in [0.3, 0.4) is 0 Å². The van der Waals surface area contributed by atoms with Crippen LogP contribution in [0.5, 0.6) is 0 Å². The highest BCUT2D eigenvalue weighted by molar-refractivity contribution is 7.47. The summed E-state index contributed by atoms with van der Waals surface area (Å²) in [5, 5.41) is 120. The van der Waals surface area contributed by atoms with Crippen molar-refractivity contribution >= 4 is 14.1 Å². The molecule has 3 fully saturated rings. The lowest BCUT2D eigenvalue weighted by Crippen LogP contribution is -2.65. The van der Waals surface area contributed by atoms with Crippen LogP contribution >= 0.6 is 7.82 Å². The molecule has 0 aromatic heterocycles. The Morgan fingerprint density at radius 2 is 1.19 bits per heavy atom. The first-order valence-electron chi connectivity index (χ1n) is 14.5. The predicted octanol–water partition coefficient (Wildman–Crippen LogP) is -8.49. The minimum Gasteiger partial charge on any atom is -0.394 e. The van der Waals surface area contributed by atoms with E-state index < -0.39 is 152 Å². The van der Waals surface area contributed by atoms with Crippen LogP contribution in [0.2, 0.25) is 0 Å².